The third-order valence-corrected chi connectivity index (χ3v) is 2.35. The van der Waals surface area contributed by atoms with Gasteiger partial charge in [0.1, 0.15) is 11.6 Å². The summed E-state index contributed by atoms with van der Waals surface area (Å²) in [4.78, 5) is 3.93. The first-order valence-corrected chi connectivity index (χ1v) is 5.64. The molecule has 0 radical (unpaired) electrons. The maximum atomic E-state index is 5.79. The molecule has 2 aromatic rings. The minimum Gasteiger partial charge on any atom is -0.492 e. The topological polar surface area (TPSA) is 66.0 Å². The molecule has 0 spiro atoms. The zero-order chi connectivity index (χ0) is 12.1. The Morgan fingerprint density at radius 3 is 3.00 bits per heavy atom. The van der Waals surface area contributed by atoms with Gasteiger partial charge < -0.3 is 10.5 Å². The van der Waals surface area contributed by atoms with E-state index in [1.165, 1.54) is 0 Å². The Morgan fingerprint density at radius 2 is 2.29 bits per heavy atom. The predicted molar refractivity (Wildman–Crippen MR) is 66.0 cm³/mol. The molecule has 5 nitrogen and oxygen atoms in total. The van der Waals surface area contributed by atoms with Crippen LogP contribution in [0.15, 0.2) is 30.7 Å². The Balaban J connectivity index is 1.73. The third-order valence-electron chi connectivity index (χ3n) is 2.14. The van der Waals surface area contributed by atoms with E-state index >= 15 is 0 Å². The summed E-state index contributed by atoms with van der Waals surface area (Å²) in [6, 6.07) is 3.50. The smallest absolute Gasteiger partial charge is 0.145 e. The zero-order valence-corrected chi connectivity index (χ0v) is 9.97. The molecule has 0 bridgehead atoms. The van der Waals surface area contributed by atoms with E-state index in [9.17, 15) is 0 Å². The Morgan fingerprint density at radius 1 is 1.41 bits per heavy atom. The van der Waals surface area contributed by atoms with Crippen molar-refractivity contribution in [2.75, 3.05) is 12.3 Å². The second kappa shape index (κ2) is 5.54. The fourth-order valence-corrected chi connectivity index (χ4v) is 1.55. The highest BCUT2D eigenvalue weighted by Crippen LogP contribution is 2.15. The minimum atomic E-state index is 0.532. The number of hydrogen-bond donors (Lipinski definition) is 1. The molecule has 0 unspecified atom stereocenters. The van der Waals surface area contributed by atoms with Crippen LogP contribution in [-0.2, 0) is 6.54 Å². The highest BCUT2D eigenvalue weighted by molar-refractivity contribution is 6.30. The van der Waals surface area contributed by atoms with Gasteiger partial charge in [0.2, 0.25) is 0 Å². The number of aryl methyl sites for hydroxylation is 1. The van der Waals surface area contributed by atoms with Gasteiger partial charge in [0.05, 0.1) is 17.8 Å². The van der Waals surface area contributed by atoms with E-state index in [0.717, 1.165) is 13.0 Å². The van der Waals surface area contributed by atoms with Gasteiger partial charge in [0.15, 0.2) is 0 Å². The lowest BCUT2D eigenvalue weighted by Gasteiger charge is -2.05. The number of nitrogens with zero attached hydrogens (tertiary/aromatic N) is 3. The van der Waals surface area contributed by atoms with Crippen LogP contribution >= 0.6 is 11.6 Å². The van der Waals surface area contributed by atoms with Crippen molar-refractivity contribution in [3.63, 3.8) is 0 Å². The number of hydrogen-bond acceptors (Lipinski definition) is 4. The van der Waals surface area contributed by atoms with Crippen molar-refractivity contribution < 1.29 is 4.74 Å². The summed E-state index contributed by atoms with van der Waals surface area (Å²) < 4.78 is 7.28. The molecule has 17 heavy (non-hydrogen) atoms. The number of halogens is 1. The molecule has 0 aliphatic heterocycles. The fraction of sp³-hybridized carbons (Fsp3) is 0.273. The van der Waals surface area contributed by atoms with Crippen LogP contribution in [0.1, 0.15) is 6.42 Å². The van der Waals surface area contributed by atoms with E-state index in [1.54, 1.807) is 29.2 Å². The van der Waals surface area contributed by atoms with Gasteiger partial charge in [0.25, 0.3) is 0 Å². The number of nitrogen functional groups attached to an aromatic ring is 1. The molecule has 90 valence electrons. The maximum Gasteiger partial charge on any atom is 0.145 e. The summed E-state index contributed by atoms with van der Waals surface area (Å²) in [6.45, 7) is 1.35. The highest BCUT2D eigenvalue weighted by Gasteiger charge is 1.97. The first kappa shape index (κ1) is 11.7. The van der Waals surface area contributed by atoms with Crippen LogP contribution in [0, 0.1) is 0 Å². The number of aromatic nitrogens is 3. The Bertz CT molecular complexity index is 486. The molecule has 2 aromatic heterocycles. The molecule has 0 saturated carbocycles. The average Bonchev–Trinajstić information content (AvgIpc) is 2.71. The van der Waals surface area contributed by atoms with Gasteiger partial charge in [-0.05, 0) is 6.07 Å². The van der Waals surface area contributed by atoms with Gasteiger partial charge in [-0.1, -0.05) is 11.6 Å². The molecule has 0 saturated heterocycles. The van der Waals surface area contributed by atoms with Crippen LogP contribution < -0.4 is 10.5 Å². The van der Waals surface area contributed by atoms with E-state index in [0.29, 0.717) is 23.2 Å². The van der Waals surface area contributed by atoms with E-state index in [1.807, 2.05) is 6.20 Å². The summed E-state index contributed by atoms with van der Waals surface area (Å²) in [5.41, 5.74) is 5.50. The van der Waals surface area contributed by atoms with Crippen molar-refractivity contribution >= 4 is 17.4 Å². The highest BCUT2D eigenvalue weighted by atomic mass is 35.5. The lowest BCUT2D eigenvalue weighted by atomic mass is 10.4. The molecular weight excluding hydrogens is 240 g/mol. The largest absolute Gasteiger partial charge is 0.492 e. The number of nitrogens with two attached hydrogens (primary N) is 1. The number of anilines is 1. The first-order valence-electron chi connectivity index (χ1n) is 5.26. The predicted octanol–water partition coefficient (Wildman–Crippen LogP) is 1.98. The molecule has 2 rings (SSSR count). The van der Waals surface area contributed by atoms with Gasteiger partial charge in [-0.25, -0.2) is 0 Å². The average molecular weight is 253 g/mol. The van der Waals surface area contributed by atoms with Crippen molar-refractivity contribution in [1.29, 1.82) is 0 Å². The molecule has 0 atom stereocenters. The van der Waals surface area contributed by atoms with Gasteiger partial charge >= 0.3 is 0 Å². The van der Waals surface area contributed by atoms with Gasteiger partial charge in [-0.2, -0.15) is 5.10 Å². The second-order valence-corrected chi connectivity index (χ2v) is 3.98. The molecule has 2 N–H and O–H groups in total. The van der Waals surface area contributed by atoms with Crippen LogP contribution in [-0.4, -0.2) is 21.4 Å². The van der Waals surface area contributed by atoms with Crippen molar-refractivity contribution in [3.8, 4) is 5.75 Å². The van der Waals surface area contributed by atoms with E-state index in [-0.39, 0.29) is 0 Å². The standard InChI is InChI=1S/C11H13ClN4O/c12-9-6-10(8-14-7-9)17-5-1-3-16-4-2-11(13)15-16/h2,4,6-8H,1,3,5H2,(H2,13,15). The minimum absolute atomic E-state index is 0.532. The molecular formula is C11H13ClN4O. The monoisotopic (exact) mass is 252 g/mol. The Labute approximate surface area is 104 Å². The summed E-state index contributed by atoms with van der Waals surface area (Å²) in [6.07, 6.45) is 5.89. The number of rotatable bonds is 5. The Hall–Kier alpha value is -1.75. The fourth-order valence-electron chi connectivity index (χ4n) is 1.39. The summed E-state index contributed by atoms with van der Waals surface area (Å²) in [7, 11) is 0. The summed E-state index contributed by atoms with van der Waals surface area (Å²) >= 11 is 5.79. The molecule has 0 amide bonds. The van der Waals surface area contributed by atoms with Gasteiger partial charge in [0, 0.05) is 31.4 Å². The van der Waals surface area contributed by atoms with Crippen LogP contribution in [0.5, 0.6) is 5.75 Å². The van der Waals surface area contributed by atoms with Crippen LogP contribution in [0.4, 0.5) is 5.82 Å². The summed E-state index contributed by atoms with van der Waals surface area (Å²) in [5, 5.41) is 4.65. The normalized spacial score (nSPS) is 10.4. The van der Waals surface area contributed by atoms with Crippen molar-refractivity contribution in [3.05, 3.63) is 35.7 Å². The van der Waals surface area contributed by atoms with Crippen molar-refractivity contribution in [2.24, 2.45) is 0 Å². The van der Waals surface area contributed by atoms with E-state index in [2.05, 4.69) is 10.1 Å². The first-order chi connectivity index (χ1) is 8.24. The van der Waals surface area contributed by atoms with Crippen molar-refractivity contribution in [2.45, 2.75) is 13.0 Å². The van der Waals surface area contributed by atoms with E-state index < -0.39 is 0 Å². The summed E-state index contributed by atoms with van der Waals surface area (Å²) in [5.74, 6) is 1.21. The molecule has 0 aliphatic rings. The van der Waals surface area contributed by atoms with Crippen LogP contribution in [0.25, 0.3) is 0 Å². The van der Waals surface area contributed by atoms with Crippen LogP contribution in [0.3, 0.4) is 0 Å². The lowest BCUT2D eigenvalue weighted by Crippen LogP contribution is -2.05. The van der Waals surface area contributed by atoms with E-state index in [4.69, 9.17) is 22.1 Å². The lowest BCUT2D eigenvalue weighted by molar-refractivity contribution is 0.297. The van der Waals surface area contributed by atoms with Gasteiger partial charge in [-0.3, -0.25) is 9.67 Å². The maximum absolute atomic E-state index is 5.79. The molecule has 0 aromatic carbocycles. The number of ether oxygens (including phenoxy) is 1. The van der Waals surface area contributed by atoms with Crippen LogP contribution in [0.2, 0.25) is 5.02 Å². The van der Waals surface area contributed by atoms with Gasteiger partial charge in [-0.15, -0.1) is 0 Å². The SMILES string of the molecule is Nc1ccn(CCCOc2cncc(Cl)c2)n1. The zero-order valence-electron chi connectivity index (χ0n) is 9.21. The quantitative estimate of drug-likeness (QED) is 0.827. The second-order valence-electron chi connectivity index (χ2n) is 3.54. The molecule has 2 heterocycles. The van der Waals surface area contributed by atoms with Crippen molar-refractivity contribution in [1.82, 2.24) is 14.8 Å². The molecule has 0 aliphatic carbocycles. The molecule has 6 heteroatoms. The number of pyridine rings is 1. The third kappa shape index (κ3) is 3.64. The Kier molecular flexibility index (Phi) is 3.82. The molecule has 0 fully saturated rings.